The first-order valence-corrected chi connectivity index (χ1v) is 8.19. The van der Waals surface area contributed by atoms with Crippen molar-refractivity contribution in [3.63, 3.8) is 0 Å². The Morgan fingerprint density at radius 1 is 1.00 bits per heavy atom. The summed E-state index contributed by atoms with van der Waals surface area (Å²) in [5.41, 5.74) is 2.73. The third-order valence-corrected chi connectivity index (χ3v) is 4.81. The summed E-state index contributed by atoms with van der Waals surface area (Å²) >= 11 is 1.50. The van der Waals surface area contributed by atoms with E-state index in [0.717, 1.165) is 26.6 Å². The highest BCUT2D eigenvalue weighted by Gasteiger charge is 2.13. The molecule has 0 bridgehead atoms. The van der Waals surface area contributed by atoms with Gasteiger partial charge in [-0.05, 0) is 35.4 Å². The topological polar surface area (TPSA) is 42.0 Å². The minimum Gasteiger partial charge on any atom is -0.298 e. The molecule has 0 radical (unpaired) electrons. The third kappa shape index (κ3) is 2.47. The fraction of sp³-hybridized carbons (Fsp3) is 0.0526. The largest absolute Gasteiger partial charge is 0.298 e. The number of thiazole rings is 1. The lowest BCUT2D eigenvalue weighted by atomic mass is 10.0. The molecule has 0 fully saturated rings. The maximum atomic E-state index is 12.6. The monoisotopic (exact) mass is 318 g/mol. The Kier molecular flexibility index (Phi) is 3.32. The van der Waals surface area contributed by atoms with Crippen LogP contribution in [0.5, 0.6) is 0 Å². The van der Waals surface area contributed by atoms with Gasteiger partial charge in [0.25, 0.3) is 5.91 Å². The smallest absolute Gasteiger partial charge is 0.258 e. The number of aryl methyl sites for hydroxylation is 1. The number of rotatable bonds is 2. The third-order valence-electron chi connectivity index (χ3n) is 3.88. The molecule has 0 aliphatic rings. The van der Waals surface area contributed by atoms with Gasteiger partial charge in [-0.3, -0.25) is 10.1 Å². The lowest BCUT2D eigenvalue weighted by molar-refractivity contribution is 0.102. The van der Waals surface area contributed by atoms with Crippen molar-refractivity contribution in [1.29, 1.82) is 0 Å². The van der Waals surface area contributed by atoms with Gasteiger partial charge in [-0.2, -0.15) is 0 Å². The van der Waals surface area contributed by atoms with Crippen molar-refractivity contribution >= 4 is 43.4 Å². The predicted octanol–water partition coefficient (Wildman–Crippen LogP) is 5.01. The summed E-state index contributed by atoms with van der Waals surface area (Å²) in [6.07, 6.45) is 0. The second-order valence-electron chi connectivity index (χ2n) is 5.42. The number of nitrogens with one attached hydrogen (secondary N) is 1. The molecule has 1 N–H and O–H groups in total. The van der Waals surface area contributed by atoms with E-state index in [2.05, 4.69) is 10.3 Å². The van der Waals surface area contributed by atoms with Crippen LogP contribution in [0.4, 0.5) is 5.13 Å². The molecule has 3 nitrogen and oxygen atoms in total. The van der Waals surface area contributed by atoms with E-state index >= 15 is 0 Å². The average Bonchev–Trinajstić information content (AvgIpc) is 2.98. The first kappa shape index (κ1) is 13.9. The van der Waals surface area contributed by atoms with E-state index < -0.39 is 0 Å². The van der Waals surface area contributed by atoms with E-state index in [1.807, 2.05) is 67.6 Å². The van der Waals surface area contributed by atoms with Crippen molar-refractivity contribution in [1.82, 2.24) is 4.98 Å². The molecule has 0 aliphatic carbocycles. The van der Waals surface area contributed by atoms with Gasteiger partial charge in [0.2, 0.25) is 0 Å². The zero-order valence-electron chi connectivity index (χ0n) is 12.5. The Balaban J connectivity index is 1.72. The highest BCUT2D eigenvalue weighted by atomic mass is 32.1. The van der Waals surface area contributed by atoms with Gasteiger partial charge >= 0.3 is 0 Å². The molecule has 0 saturated heterocycles. The summed E-state index contributed by atoms with van der Waals surface area (Å²) in [5.74, 6) is -0.126. The predicted molar refractivity (Wildman–Crippen MR) is 96.3 cm³/mol. The van der Waals surface area contributed by atoms with Gasteiger partial charge < -0.3 is 0 Å². The molecule has 112 valence electrons. The van der Waals surface area contributed by atoms with Crippen LogP contribution in [0, 0.1) is 6.92 Å². The van der Waals surface area contributed by atoms with Crippen LogP contribution < -0.4 is 5.32 Å². The van der Waals surface area contributed by atoms with Crippen molar-refractivity contribution in [3.8, 4) is 0 Å². The Labute approximate surface area is 137 Å². The van der Waals surface area contributed by atoms with Crippen LogP contribution in [0.25, 0.3) is 21.0 Å². The lowest BCUT2D eigenvalue weighted by Gasteiger charge is -2.05. The number of benzene rings is 3. The molecule has 3 aromatic carbocycles. The summed E-state index contributed by atoms with van der Waals surface area (Å²) < 4.78 is 1.08. The van der Waals surface area contributed by atoms with Crippen LogP contribution in [0.1, 0.15) is 15.9 Å². The number of aromatic nitrogens is 1. The first-order chi connectivity index (χ1) is 11.2. The van der Waals surface area contributed by atoms with Crippen molar-refractivity contribution in [3.05, 3.63) is 71.8 Å². The molecule has 4 heteroatoms. The number of fused-ring (bicyclic) bond motifs is 2. The molecular weight excluding hydrogens is 304 g/mol. The van der Waals surface area contributed by atoms with E-state index in [9.17, 15) is 4.79 Å². The molecule has 0 aliphatic heterocycles. The molecule has 4 rings (SSSR count). The average molecular weight is 318 g/mol. The maximum Gasteiger partial charge on any atom is 0.258 e. The van der Waals surface area contributed by atoms with E-state index in [-0.39, 0.29) is 5.91 Å². The zero-order valence-corrected chi connectivity index (χ0v) is 13.4. The molecule has 1 aromatic heterocycles. The van der Waals surface area contributed by atoms with Crippen LogP contribution >= 0.6 is 11.3 Å². The van der Waals surface area contributed by atoms with Crippen LogP contribution in [0.3, 0.4) is 0 Å². The van der Waals surface area contributed by atoms with E-state index in [0.29, 0.717) is 10.7 Å². The Morgan fingerprint density at radius 3 is 2.65 bits per heavy atom. The quantitative estimate of drug-likeness (QED) is 0.564. The minimum absolute atomic E-state index is 0.126. The number of anilines is 1. The van der Waals surface area contributed by atoms with Crippen LogP contribution in [0.15, 0.2) is 60.7 Å². The van der Waals surface area contributed by atoms with Crippen LogP contribution in [0.2, 0.25) is 0 Å². The summed E-state index contributed by atoms with van der Waals surface area (Å²) in [6, 6.07) is 19.7. The maximum absolute atomic E-state index is 12.6. The highest BCUT2D eigenvalue weighted by Crippen LogP contribution is 2.28. The second kappa shape index (κ2) is 5.48. The second-order valence-corrected chi connectivity index (χ2v) is 6.45. The molecule has 1 heterocycles. The number of amides is 1. The van der Waals surface area contributed by atoms with Gasteiger partial charge in [0.05, 0.1) is 10.2 Å². The molecule has 0 unspecified atom stereocenters. The number of carbonyl (C=O) groups excluding carboxylic acids is 1. The lowest BCUT2D eigenvalue weighted by Crippen LogP contribution is -2.12. The van der Waals surface area contributed by atoms with Crippen molar-refractivity contribution in [2.75, 3.05) is 5.32 Å². The van der Waals surface area contributed by atoms with E-state index in [1.165, 1.54) is 11.3 Å². The Bertz CT molecular complexity index is 1030. The van der Waals surface area contributed by atoms with Crippen molar-refractivity contribution < 1.29 is 4.79 Å². The molecule has 23 heavy (non-hydrogen) atoms. The fourth-order valence-electron chi connectivity index (χ4n) is 2.73. The summed E-state index contributed by atoms with van der Waals surface area (Å²) in [6.45, 7) is 2.03. The van der Waals surface area contributed by atoms with Crippen LogP contribution in [-0.4, -0.2) is 10.9 Å². The number of nitrogens with zero attached hydrogens (tertiary/aromatic N) is 1. The number of hydrogen-bond acceptors (Lipinski definition) is 3. The molecule has 4 aromatic rings. The Morgan fingerprint density at radius 2 is 1.78 bits per heavy atom. The molecule has 0 saturated carbocycles. The summed E-state index contributed by atoms with van der Waals surface area (Å²) in [7, 11) is 0. The van der Waals surface area contributed by atoms with Crippen LogP contribution in [-0.2, 0) is 0 Å². The highest BCUT2D eigenvalue weighted by molar-refractivity contribution is 7.22. The minimum atomic E-state index is -0.126. The van der Waals surface area contributed by atoms with Gasteiger partial charge in [-0.25, -0.2) is 4.98 Å². The van der Waals surface area contributed by atoms with Crippen molar-refractivity contribution in [2.45, 2.75) is 6.92 Å². The number of carbonyl (C=O) groups is 1. The molecule has 0 spiro atoms. The SMILES string of the molecule is Cc1cccc2sc(NC(=O)c3cccc4ccccc34)nc12. The van der Waals surface area contributed by atoms with Crippen molar-refractivity contribution in [2.24, 2.45) is 0 Å². The zero-order chi connectivity index (χ0) is 15.8. The van der Waals surface area contributed by atoms with Gasteiger partial charge in [0.15, 0.2) is 5.13 Å². The normalized spacial score (nSPS) is 11.0. The van der Waals surface area contributed by atoms with Gasteiger partial charge in [-0.1, -0.05) is 59.9 Å². The summed E-state index contributed by atoms with van der Waals surface area (Å²) in [4.78, 5) is 17.2. The summed E-state index contributed by atoms with van der Waals surface area (Å²) in [5, 5.41) is 5.57. The van der Waals surface area contributed by atoms with Gasteiger partial charge in [0.1, 0.15) is 0 Å². The van der Waals surface area contributed by atoms with E-state index in [1.54, 1.807) is 0 Å². The Hall–Kier alpha value is -2.72. The molecule has 1 amide bonds. The first-order valence-electron chi connectivity index (χ1n) is 7.37. The van der Waals surface area contributed by atoms with Gasteiger partial charge in [-0.15, -0.1) is 0 Å². The standard InChI is InChI=1S/C19H14N2OS/c1-12-6-4-11-16-17(12)20-19(23-16)21-18(22)15-10-5-8-13-7-2-3-9-14(13)15/h2-11H,1H3,(H,20,21,22). The molecular formula is C19H14N2OS. The molecule has 0 atom stereocenters. The number of para-hydroxylation sites is 1. The van der Waals surface area contributed by atoms with E-state index in [4.69, 9.17) is 0 Å². The van der Waals surface area contributed by atoms with Gasteiger partial charge in [0, 0.05) is 5.56 Å². The fourth-order valence-corrected chi connectivity index (χ4v) is 3.67. The number of hydrogen-bond donors (Lipinski definition) is 1.